The Hall–Kier alpha value is -1.52. The maximum absolute atomic E-state index is 12.5. The highest BCUT2D eigenvalue weighted by Crippen LogP contribution is 2.29. The molecule has 0 bridgehead atoms. The molecule has 0 amide bonds. The first kappa shape index (κ1) is 13.9. The van der Waals surface area contributed by atoms with E-state index >= 15 is 0 Å². The first-order valence-corrected chi connectivity index (χ1v) is 6.35. The minimum Gasteiger partial charge on any atom is -0.392 e. The van der Waals surface area contributed by atoms with Gasteiger partial charge in [0.1, 0.15) is 12.3 Å². The highest BCUT2D eigenvalue weighted by molar-refractivity contribution is 5.79. The molecule has 0 N–H and O–H groups in total. The van der Waals surface area contributed by atoms with Crippen molar-refractivity contribution in [2.24, 2.45) is 5.16 Å². The Labute approximate surface area is 110 Å². The number of nitrogens with zero attached hydrogens (tertiary/aromatic N) is 1. The Bertz CT molecular complexity index is 437. The van der Waals surface area contributed by atoms with Gasteiger partial charge in [0, 0.05) is 5.56 Å². The minimum atomic E-state index is -4.35. The predicted octanol–water partition coefficient (Wildman–Crippen LogP) is 4.27. The van der Waals surface area contributed by atoms with E-state index in [1.165, 1.54) is 18.6 Å². The van der Waals surface area contributed by atoms with E-state index in [2.05, 4.69) is 11.4 Å². The summed E-state index contributed by atoms with van der Waals surface area (Å²) in [4.78, 5) is 5.24. The molecule has 0 heterocycles. The van der Waals surface area contributed by atoms with E-state index < -0.39 is 11.7 Å². The van der Waals surface area contributed by atoms with E-state index in [9.17, 15) is 13.2 Å². The Morgan fingerprint density at radius 3 is 2.58 bits per heavy atom. The lowest BCUT2D eigenvalue weighted by molar-refractivity contribution is -0.137. The molecule has 1 aromatic carbocycles. The fraction of sp³-hybridized carbons (Fsp3) is 0.500. The van der Waals surface area contributed by atoms with Crippen LogP contribution < -0.4 is 0 Å². The third kappa shape index (κ3) is 4.26. The maximum atomic E-state index is 12.5. The van der Waals surface area contributed by atoms with Crippen molar-refractivity contribution in [1.29, 1.82) is 0 Å². The van der Waals surface area contributed by atoms with Crippen molar-refractivity contribution in [1.82, 2.24) is 0 Å². The number of hydrogen-bond acceptors (Lipinski definition) is 2. The molecule has 0 unspecified atom stereocenters. The zero-order valence-corrected chi connectivity index (χ0v) is 10.4. The van der Waals surface area contributed by atoms with Crippen molar-refractivity contribution in [2.45, 2.75) is 44.4 Å². The van der Waals surface area contributed by atoms with Gasteiger partial charge >= 0.3 is 6.18 Å². The largest absolute Gasteiger partial charge is 0.416 e. The predicted molar refractivity (Wildman–Crippen MR) is 65.9 cm³/mol. The van der Waals surface area contributed by atoms with Gasteiger partial charge < -0.3 is 4.84 Å². The fourth-order valence-corrected chi connectivity index (χ4v) is 2.09. The fourth-order valence-electron chi connectivity index (χ4n) is 2.09. The van der Waals surface area contributed by atoms with Gasteiger partial charge in [0.05, 0.1) is 5.56 Å². The third-order valence-electron chi connectivity index (χ3n) is 3.12. The average Bonchev–Trinajstić information content (AvgIpc) is 2.39. The molecule has 103 valence electrons. The average molecular weight is 270 g/mol. The standard InChI is InChI=1S/C14H15F3NO/c15-14(16,17)12-6-4-5-11(9-12)10-18-19-13-7-2-1-3-8-13/h4-6,9,13H,1-3,7-8H2. The van der Waals surface area contributed by atoms with Gasteiger partial charge in [-0.2, -0.15) is 13.2 Å². The highest BCUT2D eigenvalue weighted by Gasteiger charge is 2.30. The summed E-state index contributed by atoms with van der Waals surface area (Å²) < 4.78 is 37.5. The van der Waals surface area contributed by atoms with Gasteiger partial charge in [0.15, 0.2) is 0 Å². The molecule has 0 atom stereocenters. The first-order chi connectivity index (χ1) is 9.05. The molecule has 1 aliphatic rings. The van der Waals surface area contributed by atoms with Gasteiger partial charge in [-0.25, -0.2) is 0 Å². The Morgan fingerprint density at radius 2 is 1.89 bits per heavy atom. The van der Waals surface area contributed by atoms with E-state index in [0.717, 1.165) is 37.8 Å². The lowest BCUT2D eigenvalue weighted by Crippen LogP contribution is -2.13. The summed E-state index contributed by atoms with van der Waals surface area (Å²) in [5, 5.41) is 3.67. The summed E-state index contributed by atoms with van der Waals surface area (Å²) in [5.41, 5.74) is -0.434. The van der Waals surface area contributed by atoms with E-state index in [0.29, 0.717) is 0 Å². The molecule has 0 spiro atoms. The van der Waals surface area contributed by atoms with Crippen LogP contribution in [-0.4, -0.2) is 12.3 Å². The summed E-state index contributed by atoms with van der Waals surface area (Å²) in [6.45, 7) is 0. The zero-order chi connectivity index (χ0) is 13.7. The van der Waals surface area contributed by atoms with Crippen LogP contribution in [0.15, 0.2) is 29.4 Å². The third-order valence-corrected chi connectivity index (χ3v) is 3.12. The lowest BCUT2D eigenvalue weighted by Gasteiger charge is -2.18. The molecular formula is C14H15F3NO. The summed E-state index contributed by atoms with van der Waals surface area (Å²) in [6.07, 6.45) is 3.58. The molecule has 0 saturated heterocycles. The molecule has 0 aromatic heterocycles. The van der Waals surface area contributed by atoms with Crippen LogP contribution in [0, 0.1) is 0 Å². The quantitative estimate of drug-likeness (QED) is 0.594. The summed E-state index contributed by atoms with van der Waals surface area (Å²) in [6, 6.07) is 4.88. The van der Waals surface area contributed by atoms with Crippen molar-refractivity contribution >= 4 is 6.21 Å². The zero-order valence-electron chi connectivity index (χ0n) is 10.4. The summed E-state index contributed by atoms with van der Waals surface area (Å²) >= 11 is 0. The van der Waals surface area contributed by atoms with Crippen LogP contribution in [0.25, 0.3) is 0 Å². The van der Waals surface area contributed by atoms with Gasteiger partial charge in [-0.05, 0) is 37.8 Å². The van der Waals surface area contributed by atoms with Crippen molar-refractivity contribution < 1.29 is 18.0 Å². The van der Waals surface area contributed by atoms with Crippen LogP contribution in [-0.2, 0) is 11.0 Å². The van der Waals surface area contributed by atoms with Crippen molar-refractivity contribution in [3.8, 4) is 0 Å². The smallest absolute Gasteiger partial charge is 0.392 e. The molecule has 1 fully saturated rings. The number of hydrogen-bond donors (Lipinski definition) is 0. The van der Waals surface area contributed by atoms with Crippen LogP contribution in [0.5, 0.6) is 0 Å². The van der Waals surface area contributed by atoms with Crippen LogP contribution in [0.2, 0.25) is 0 Å². The molecule has 19 heavy (non-hydrogen) atoms. The number of rotatable bonds is 3. The lowest BCUT2D eigenvalue weighted by atomic mass is 9.98. The van der Waals surface area contributed by atoms with Crippen LogP contribution >= 0.6 is 0 Å². The molecular weight excluding hydrogens is 255 g/mol. The number of alkyl halides is 3. The van der Waals surface area contributed by atoms with Gasteiger partial charge in [-0.3, -0.25) is 0 Å². The Kier molecular flexibility index (Phi) is 4.45. The summed E-state index contributed by atoms with van der Waals surface area (Å²) in [7, 11) is 0. The molecule has 1 aromatic rings. The molecule has 1 saturated carbocycles. The second kappa shape index (κ2) is 6.08. The van der Waals surface area contributed by atoms with Gasteiger partial charge in [-0.15, -0.1) is 0 Å². The second-order valence-corrected chi connectivity index (χ2v) is 4.65. The van der Waals surface area contributed by atoms with Crippen molar-refractivity contribution in [3.63, 3.8) is 0 Å². The molecule has 2 rings (SSSR count). The first-order valence-electron chi connectivity index (χ1n) is 6.35. The topological polar surface area (TPSA) is 21.6 Å². The highest BCUT2D eigenvalue weighted by atomic mass is 19.4. The van der Waals surface area contributed by atoms with Crippen molar-refractivity contribution in [2.75, 3.05) is 0 Å². The van der Waals surface area contributed by atoms with Crippen LogP contribution in [0.4, 0.5) is 13.2 Å². The molecule has 2 nitrogen and oxygen atoms in total. The molecule has 5 heteroatoms. The SMILES string of the molecule is FC(F)(F)c1cccc(/[C]=N/OC2CCCCC2)c1. The molecule has 1 radical (unpaired) electrons. The Morgan fingerprint density at radius 1 is 1.16 bits per heavy atom. The van der Waals surface area contributed by atoms with Crippen molar-refractivity contribution in [3.05, 3.63) is 35.4 Å². The number of halogens is 3. The van der Waals surface area contributed by atoms with Crippen LogP contribution in [0.3, 0.4) is 0 Å². The van der Waals surface area contributed by atoms with E-state index in [4.69, 9.17) is 4.84 Å². The molecule has 0 aliphatic heterocycles. The van der Waals surface area contributed by atoms with E-state index in [1.54, 1.807) is 0 Å². The summed E-state index contributed by atoms with van der Waals surface area (Å²) in [5.74, 6) is 0. The van der Waals surface area contributed by atoms with Crippen LogP contribution in [0.1, 0.15) is 43.2 Å². The van der Waals surface area contributed by atoms with Gasteiger partial charge in [0.2, 0.25) is 0 Å². The second-order valence-electron chi connectivity index (χ2n) is 4.65. The minimum absolute atomic E-state index is 0.0760. The Balaban J connectivity index is 1.94. The normalized spacial score (nSPS) is 17.8. The number of benzene rings is 1. The van der Waals surface area contributed by atoms with E-state index in [1.807, 2.05) is 0 Å². The molecule has 1 aliphatic carbocycles. The van der Waals surface area contributed by atoms with E-state index in [-0.39, 0.29) is 11.7 Å². The maximum Gasteiger partial charge on any atom is 0.416 e. The monoisotopic (exact) mass is 270 g/mol. The van der Waals surface area contributed by atoms with Gasteiger partial charge in [-0.1, -0.05) is 23.7 Å². The van der Waals surface area contributed by atoms with Gasteiger partial charge in [0.25, 0.3) is 0 Å².